The molecule has 0 amide bonds. The highest BCUT2D eigenvalue weighted by atomic mass is 16.1. The van der Waals surface area contributed by atoms with Crippen LogP contribution in [-0.4, -0.2) is 28.7 Å². The van der Waals surface area contributed by atoms with E-state index in [0.29, 0.717) is 5.69 Å². The second-order valence-corrected chi connectivity index (χ2v) is 3.06. The number of rotatable bonds is 2. The first-order chi connectivity index (χ1) is 5.79. The molecule has 1 aromatic rings. The predicted molar refractivity (Wildman–Crippen MR) is 43.9 cm³/mol. The monoisotopic (exact) mass is 165 g/mol. The lowest BCUT2D eigenvalue weighted by Crippen LogP contribution is -2.46. The molecule has 0 aromatic carbocycles. The van der Waals surface area contributed by atoms with Crippen molar-refractivity contribution in [3.8, 4) is 0 Å². The number of hydrogen-bond acceptors (Lipinski definition) is 3. The van der Waals surface area contributed by atoms with Crippen LogP contribution in [0.15, 0.2) is 12.3 Å². The Balaban J connectivity index is 2.19. The molecule has 0 atom stereocenters. The van der Waals surface area contributed by atoms with Crippen molar-refractivity contribution in [3.05, 3.63) is 18.0 Å². The normalized spacial score (nSPS) is 17.4. The molecule has 0 radical (unpaired) electrons. The summed E-state index contributed by atoms with van der Waals surface area (Å²) in [5.41, 5.74) is 0.710. The van der Waals surface area contributed by atoms with Gasteiger partial charge >= 0.3 is 0 Å². The molecule has 0 spiro atoms. The smallest absolute Gasteiger partial charge is 0.186 e. The first kappa shape index (κ1) is 7.49. The second-order valence-electron chi connectivity index (χ2n) is 3.06. The summed E-state index contributed by atoms with van der Waals surface area (Å²) in [6.45, 7) is 1.62. The average Bonchev–Trinajstić information content (AvgIpc) is 2.31. The number of Topliss-reactive ketones (excluding diaryl/α,β-unsaturated/α-hetero) is 1. The van der Waals surface area contributed by atoms with Gasteiger partial charge in [-0.05, 0) is 6.07 Å². The highest BCUT2D eigenvalue weighted by Crippen LogP contribution is 2.11. The summed E-state index contributed by atoms with van der Waals surface area (Å²) < 4.78 is 1.63. The minimum atomic E-state index is 0.167. The van der Waals surface area contributed by atoms with Crippen LogP contribution in [0, 0.1) is 5.92 Å². The van der Waals surface area contributed by atoms with Gasteiger partial charge in [0.05, 0.1) is 0 Å². The summed E-state index contributed by atoms with van der Waals surface area (Å²) in [7, 11) is 1.79. The number of nitrogens with one attached hydrogen (secondary N) is 1. The van der Waals surface area contributed by atoms with Crippen molar-refractivity contribution < 1.29 is 4.79 Å². The Kier molecular flexibility index (Phi) is 1.69. The highest BCUT2D eigenvalue weighted by molar-refractivity contribution is 5.97. The van der Waals surface area contributed by atoms with Gasteiger partial charge in [0.2, 0.25) is 0 Å². The van der Waals surface area contributed by atoms with Gasteiger partial charge in [0.15, 0.2) is 5.78 Å². The van der Waals surface area contributed by atoms with Gasteiger partial charge in [-0.1, -0.05) is 0 Å². The molecule has 4 heteroatoms. The molecular weight excluding hydrogens is 154 g/mol. The molecule has 0 aliphatic carbocycles. The Bertz CT molecular complexity index is 301. The van der Waals surface area contributed by atoms with E-state index in [2.05, 4.69) is 10.4 Å². The van der Waals surface area contributed by atoms with Gasteiger partial charge in [-0.3, -0.25) is 9.48 Å². The average molecular weight is 165 g/mol. The lowest BCUT2D eigenvalue weighted by atomic mass is 9.96. The highest BCUT2D eigenvalue weighted by Gasteiger charge is 2.27. The second kappa shape index (κ2) is 2.71. The van der Waals surface area contributed by atoms with E-state index >= 15 is 0 Å². The van der Waals surface area contributed by atoms with Crippen LogP contribution in [0.25, 0.3) is 0 Å². The van der Waals surface area contributed by atoms with Crippen molar-refractivity contribution in [1.29, 1.82) is 0 Å². The number of ketones is 1. The molecule has 1 aliphatic heterocycles. The minimum absolute atomic E-state index is 0.167. The van der Waals surface area contributed by atoms with E-state index in [-0.39, 0.29) is 11.7 Å². The molecule has 1 aromatic heterocycles. The fraction of sp³-hybridized carbons (Fsp3) is 0.500. The topological polar surface area (TPSA) is 46.9 Å². The van der Waals surface area contributed by atoms with E-state index in [1.807, 2.05) is 0 Å². The Hall–Kier alpha value is -1.16. The minimum Gasteiger partial charge on any atom is -0.315 e. The number of hydrogen-bond donors (Lipinski definition) is 1. The molecule has 0 unspecified atom stereocenters. The number of aromatic nitrogens is 2. The number of carbonyl (C=O) groups excluding carboxylic acids is 1. The summed E-state index contributed by atoms with van der Waals surface area (Å²) in [5, 5.41) is 7.03. The fourth-order valence-corrected chi connectivity index (χ4v) is 1.30. The Morgan fingerprint density at radius 3 is 2.92 bits per heavy atom. The standard InChI is InChI=1S/C8H11N3O/c1-11-7(2-3-10-11)8(12)6-4-9-5-6/h2-3,6,9H,4-5H2,1H3. The maximum absolute atomic E-state index is 11.6. The molecule has 2 heterocycles. The molecule has 0 bridgehead atoms. The van der Waals surface area contributed by atoms with Gasteiger partial charge < -0.3 is 5.32 Å². The molecule has 2 rings (SSSR count). The zero-order valence-electron chi connectivity index (χ0n) is 6.95. The fourth-order valence-electron chi connectivity index (χ4n) is 1.30. The lowest BCUT2D eigenvalue weighted by molar-refractivity contribution is 0.0868. The molecule has 4 nitrogen and oxygen atoms in total. The zero-order valence-corrected chi connectivity index (χ0v) is 6.95. The van der Waals surface area contributed by atoms with Gasteiger partial charge in [-0.2, -0.15) is 5.10 Å². The van der Waals surface area contributed by atoms with E-state index in [9.17, 15) is 4.79 Å². The van der Waals surface area contributed by atoms with Gasteiger partial charge in [-0.15, -0.1) is 0 Å². The maximum Gasteiger partial charge on any atom is 0.186 e. The van der Waals surface area contributed by atoms with Crippen LogP contribution in [0.5, 0.6) is 0 Å². The van der Waals surface area contributed by atoms with Crippen LogP contribution in [0.4, 0.5) is 0 Å². The molecular formula is C8H11N3O. The van der Waals surface area contributed by atoms with E-state index in [1.165, 1.54) is 0 Å². The first-order valence-corrected chi connectivity index (χ1v) is 4.02. The zero-order chi connectivity index (χ0) is 8.55. The number of carbonyl (C=O) groups is 1. The third-order valence-electron chi connectivity index (χ3n) is 2.23. The quantitative estimate of drug-likeness (QED) is 0.618. The third kappa shape index (κ3) is 1.04. The Labute approximate surface area is 70.6 Å². The van der Waals surface area contributed by atoms with E-state index < -0.39 is 0 Å². The summed E-state index contributed by atoms with van der Waals surface area (Å²) in [6.07, 6.45) is 1.65. The predicted octanol–water partition coefficient (Wildman–Crippen LogP) is -0.178. The van der Waals surface area contributed by atoms with Gasteiger partial charge in [0.1, 0.15) is 5.69 Å². The van der Waals surface area contributed by atoms with Gasteiger partial charge in [0, 0.05) is 32.3 Å². The third-order valence-corrected chi connectivity index (χ3v) is 2.23. The SMILES string of the molecule is Cn1nccc1C(=O)C1CNC1. The number of aryl methyl sites for hydroxylation is 1. The molecule has 12 heavy (non-hydrogen) atoms. The summed E-state index contributed by atoms with van der Waals surface area (Å²) >= 11 is 0. The molecule has 1 saturated heterocycles. The van der Waals surface area contributed by atoms with E-state index in [1.54, 1.807) is 24.0 Å². The van der Waals surface area contributed by atoms with E-state index in [4.69, 9.17) is 0 Å². The van der Waals surface area contributed by atoms with Crippen LogP contribution < -0.4 is 5.32 Å². The van der Waals surface area contributed by atoms with Crippen LogP contribution >= 0.6 is 0 Å². The maximum atomic E-state index is 11.6. The van der Waals surface area contributed by atoms with E-state index in [0.717, 1.165) is 13.1 Å². The van der Waals surface area contributed by atoms with Crippen molar-refractivity contribution in [2.75, 3.05) is 13.1 Å². The van der Waals surface area contributed by atoms with Crippen molar-refractivity contribution in [1.82, 2.24) is 15.1 Å². The lowest BCUT2D eigenvalue weighted by Gasteiger charge is -2.25. The van der Waals surface area contributed by atoms with Gasteiger partial charge in [0.25, 0.3) is 0 Å². The number of nitrogens with zero attached hydrogens (tertiary/aromatic N) is 2. The summed E-state index contributed by atoms with van der Waals surface area (Å²) in [5.74, 6) is 0.370. The molecule has 1 fully saturated rings. The molecule has 64 valence electrons. The van der Waals surface area contributed by atoms with Crippen molar-refractivity contribution in [3.63, 3.8) is 0 Å². The Morgan fingerprint density at radius 1 is 1.75 bits per heavy atom. The van der Waals surface area contributed by atoms with Crippen LogP contribution in [0.3, 0.4) is 0 Å². The van der Waals surface area contributed by atoms with Crippen LogP contribution in [0.1, 0.15) is 10.5 Å². The molecule has 1 N–H and O–H groups in total. The Morgan fingerprint density at radius 2 is 2.50 bits per heavy atom. The van der Waals surface area contributed by atoms with Crippen molar-refractivity contribution >= 4 is 5.78 Å². The summed E-state index contributed by atoms with van der Waals surface area (Å²) in [6, 6.07) is 1.76. The van der Waals surface area contributed by atoms with Crippen molar-refractivity contribution in [2.24, 2.45) is 13.0 Å². The largest absolute Gasteiger partial charge is 0.315 e. The molecule has 1 aliphatic rings. The van der Waals surface area contributed by atoms with Crippen LogP contribution in [-0.2, 0) is 7.05 Å². The van der Waals surface area contributed by atoms with Crippen molar-refractivity contribution in [2.45, 2.75) is 0 Å². The molecule has 0 saturated carbocycles. The summed E-state index contributed by atoms with van der Waals surface area (Å²) in [4.78, 5) is 11.6. The first-order valence-electron chi connectivity index (χ1n) is 4.02. The van der Waals surface area contributed by atoms with Gasteiger partial charge in [-0.25, -0.2) is 0 Å². The van der Waals surface area contributed by atoms with Crippen LogP contribution in [0.2, 0.25) is 0 Å².